The molecule has 0 saturated carbocycles. The van der Waals surface area contributed by atoms with E-state index in [9.17, 15) is 14.4 Å². The maximum atomic E-state index is 12.9. The van der Waals surface area contributed by atoms with Crippen molar-refractivity contribution in [1.82, 2.24) is 0 Å². The SMILES string of the molecule is CCC/C=C\C/C=C\CCCCCCCC(=O)OCC(COC(=O)CCCCCCCCCCC/C=C\C/C=C\CCCCCCC)OC(=O)CCCCCCCCCCC/C=C\C/C=C\CCCCC. The molecule has 0 saturated heterocycles. The van der Waals surface area contributed by atoms with Crippen molar-refractivity contribution in [2.45, 2.75) is 309 Å². The normalized spacial score (nSPS) is 12.5. The molecule has 0 spiro atoms. The number of hydrogen-bond donors (Lipinski definition) is 0. The Bertz CT molecular complexity index is 1320. The van der Waals surface area contributed by atoms with E-state index in [2.05, 4.69) is 93.7 Å². The molecule has 6 heteroatoms. The van der Waals surface area contributed by atoms with Gasteiger partial charge in [-0.15, -0.1) is 0 Å². The Balaban J connectivity index is 4.36. The monoisotopic (exact) mass is 991 g/mol. The average molecular weight is 992 g/mol. The molecule has 1 atom stereocenters. The van der Waals surface area contributed by atoms with E-state index in [1.54, 1.807) is 0 Å². The molecular formula is C65H114O6. The van der Waals surface area contributed by atoms with Crippen LogP contribution in [-0.2, 0) is 28.6 Å². The zero-order valence-electron chi connectivity index (χ0n) is 47.0. The lowest BCUT2D eigenvalue weighted by Gasteiger charge is -2.18. The van der Waals surface area contributed by atoms with E-state index in [0.29, 0.717) is 19.3 Å². The molecule has 0 rings (SSSR count). The van der Waals surface area contributed by atoms with Gasteiger partial charge in [-0.2, -0.15) is 0 Å². The lowest BCUT2D eigenvalue weighted by molar-refractivity contribution is -0.167. The molecule has 0 N–H and O–H groups in total. The van der Waals surface area contributed by atoms with Gasteiger partial charge in [0.1, 0.15) is 13.2 Å². The summed E-state index contributed by atoms with van der Waals surface area (Å²) >= 11 is 0. The summed E-state index contributed by atoms with van der Waals surface area (Å²) in [7, 11) is 0. The van der Waals surface area contributed by atoms with Crippen LogP contribution in [0.2, 0.25) is 0 Å². The number of carbonyl (C=O) groups excluding carboxylic acids is 3. The van der Waals surface area contributed by atoms with Crippen molar-refractivity contribution >= 4 is 17.9 Å². The molecule has 6 nitrogen and oxygen atoms in total. The van der Waals surface area contributed by atoms with E-state index < -0.39 is 6.10 Å². The highest BCUT2D eigenvalue weighted by molar-refractivity contribution is 5.71. The Kier molecular flexibility index (Phi) is 56.8. The summed E-state index contributed by atoms with van der Waals surface area (Å²) in [4.78, 5) is 38.2. The summed E-state index contributed by atoms with van der Waals surface area (Å²) in [6.07, 6.45) is 76.1. The zero-order chi connectivity index (χ0) is 51.4. The highest BCUT2D eigenvalue weighted by Crippen LogP contribution is 2.16. The number of unbranched alkanes of at least 4 members (excludes halogenated alkanes) is 32. The molecule has 0 aromatic rings. The molecule has 0 aromatic heterocycles. The van der Waals surface area contributed by atoms with E-state index in [-0.39, 0.29) is 31.1 Å². The third kappa shape index (κ3) is 57.6. The van der Waals surface area contributed by atoms with Gasteiger partial charge in [0, 0.05) is 19.3 Å². The molecule has 0 heterocycles. The predicted molar refractivity (Wildman–Crippen MR) is 307 cm³/mol. The van der Waals surface area contributed by atoms with Crippen LogP contribution in [0.1, 0.15) is 303 Å². The van der Waals surface area contributed by atoms with Gasteiger partial charge in [0.15, 0.2) is 6.10 Å². The van der Waals surface area contributed by atoms with Gasteiger partial charge in [0.05, 0.1) is 0 Å². The van der Waals surface area contributed by atoms with E-state index in [4.69, 9.17) is 14.2 Å². The number of esters is 3. The molecule has 0 aliphatic heterocycles. The van der Waals surface area contributed by atoms with Gasteiger partial charge < -0.3 is 14.2 Å². The highest BCUT2D eigenvalue weighted by Gasteiger charge is 2.19. The molecule has 0 aliphatic rings. The number of carbonyl (C=O) groups is 3. The van der Waals surface area contributed by atoms with Crippen LogP contribution in [-0.4, -0.2) is 37.2 Å². The summed E-state index contributed by atoms with van der Waals surface area (Å²) in [5.41, 5.74) is 0. The quantitative estimate of drug-likeness (QED) is 0.0261. The van der Waals surface area contributed by atoms with Crippen LogP contribution < -0.4 is 0 Å². The minimum absolute atomic E-state index is 0.0831. The van der Waals surface area contributed by atoms with Crippen molar-refractivity contribution in [3.05, 3.63) is 72.9 Å². The summed E-state index contributed by atoms with van der Waals surface area (Å²) in [5.74, 6) is -0.895. The Hall–Kier alpha value is -3.15. The first kappa shape index (κ1) is 67.8. The minimum Gasteiger partial charge on any atom is -0.462 e. The van der Waals surface area contributed by atoms with Crippen LogP contribution in [0.15, 0.2) is 72.9 Å². The van der Waals surface area contributed by atoms with Gasteiger partial charge in [-0.1, -0.05) is 248 Å². The Morgan fingerprint density at radius 3 is 0.859 bits per heavy atom. The van der Waals surface area contributed by atoms with Gasteiger partial charge >= 0.3 is 17.9 Å². The lowest BCUT2D eigenvalue weighted by Crippen LogP contribution is -2.30. The maximum Gasteiger partial charge on any atom is 0.306 e. The minimum atomic E-state index is -0.786. The summed E-state index contributed by atoms with van der Waals surface area (Å²) in [6.45, 7) is 6.55. The van der Waals surface area contributed by atoms with E-state index in [1.165, 1.54) is 167 Å². The fourth-order valence-electron chi connectivity index (χ4n) is 8.54. The van der Waals surface area contributed by atoms with Crippen molar-refractivity contribution in [2.24, 2.45) is 0 Å². The van der Waals surface area contributed by atoms with Crippen LogP contribution >= 0.6 is 0 Å². The molecule has 0 amide bonds. The van der Waals surface area contributed by atoms with Gasteiger partial charge in [-0.25, -0.2) is 0 Å². The summed E-state index contributed by atoms with van der Waals surface area (Å²) < 4.78 is 16.9. The van der Waals surface area contributed by atoms with Crippen molar-refractivity contribution in [3.8, 4) is 0 Å². The number of allylic oxidation sites excluding steroid dienone is 12. The Morgan fingerprint density at radius 2 is 0.535 bits per heavy atom. The fraction of sp³-hybridized carbons (Fsp3) is 0.769. The second kappa shape index (κ2) is 59.4. The first-order valence-corrected chi connectivity index (χ1v) is 30.4. The van der Waals surface area contributed by atoms with Gasteiger partial charge in [0.2, 0.25) is 0 Å². The second-order valence-electron chi connectivity index (χ2n) is 20.2. The van der Waals surface area contributed by atoms with Crippen molar-refractivity contribution in [2.75, 3.05) is 13.2 Å². The van der Waals surface area contributed by atoms with Gasteiger partial charge in [0.25, 0.3) is 0 Å². The summed E-state index contributed by atoms with van der Waals surface area (Å²) in [6, 6.07) is 0. The van der Waals surface area contributed by atoms with Crippen molar-refractivity contribution in [3.63, 3.8) is 0 Å². The third-order valence-corrected chi connectivity index (χ3v) is 13.1. The molecule has 1 unspecified atom stereocenters. The van der Waals surface area contributed by atoms with E-state index in [0.717, 1.165) is 96.3 Å². The molecule has 410 valence electrons. The van der Waals surface area contributed by atoms with E-state index in [1.807, 2.05) is 0 Å². The standard InChI is InChI=1S/C65H114O6/c1-4-7-10-13-16-19-22-25-27-29-31-32-34-35-37-40-43-46-49-52-55-58-64(67)70-61-62(60-69-63(66)57-54-51-48-45-42-39-24-21-18-15-12-9-6-3)71-65(68)59-56-53-50-47-44-41-38-36-33-30-28-26-23-20-17-14-11-8-5-2/h12,15,17,20-22,24-26,28-29,31,62H,4-11,13-14,16,18-19,23,27,30,32-61H2,1-3H3/b15-12-,20-17-,24-21-,25-22-,28-26-,31-29-. The smallest absolute Gasteiger partial charge is 0.306 e. The molecule has 0 fully saturated rings. The predicted octanol–water partition coefficient (Wildman–Crippen LogP) is 20.5. The van der Waals surface area contributed by atoms with Gasteiger partial charge in [-0.05, 0) is 109 Å². The summed E-state index contributed by atoms with van der Waals surface area (Å²) in [5, 5.41) is 0. The fourth-order valence-corrected chi connectivity index (χ4v) is 8.54. The molecule has 0 aliphatic carbocycles. The second-order valence-corrected chi connectivity index (χ2v) is 20.2. The first-order valence-electron chi connectivity index (χ1n) is 30.4. The Labute approximate surface area is 440 Å². The average Bonchev–Trinajstić information content (AvgIpc) is 3.37. The van der Waals surface area contributed by atoms with Crippen LogP contribution in [0.5, 0.6) is 0 Å². The van der Waals surface area contributed by atoms with Crippen LogP contribution in [0.4, 0.5) is 0 Å². The number of ether oxygens (including phenoxy) is 3. The third-order valence-electron chi connectivity index (χ3n) is 13.1. The lowest BCUT2D eigenvalue weighted by atomic mass is 10.1. The largest absolute Gasteiger partial charge is 0.462 e. The number of hydrogen-bond acceptors (Lipinski definition) is 6. The molecular weight excluding hydrogens is 877 g/mol. The van der Waals surface area contributed by atoms with Crippen molar-refractivity contribution < 1.29 is 28.6 Å². The van der Waals surface area contributed by atoms with Crippen LogP contribution in [0, 0.1) is 0 Å². The zero-order valence-corrected chi connectivity index (χ0v) is 47.0. The number of rotatable bonds is 55. The van der Waals surface area contributed by atoms with Gasteiger partial charge in [-0.3, -0.25) is 14.4 Å². The van der Waals surface area contributed by atoms with E-state index >= 15 is 0 Å². The Morgan fingerprint density at radius 1 is 0.282 bits per heavy atom. The molecule has 0 radical (unpaired) electrons. The van der Waals surface area contributed by atoms with Crippen LogP contribution in [0.3, 0.4) is 0 Å². The molecule has 71 heavy (non-hydrogen) atoms. The molecule has 0 bridgehead atoms. The van der Waals surface area contributed by atoms with Crippen molar-refractivity contribution in [1.29, 1.82) is 0 Å². The van der Waals surface area contributed by atoms with Crippen LogP contribution in [0.25, 0.3) is 0 Å². The molecule has 0 aromatic carbocycles. The topological polar surface area (TPSA) is 78.9 Å². The maximum absolute atomic E-state index is 12.9. The first-order chi connectivity index (χ1) is 35.0. The highest BCUT2D eigenvalue weighted by atomic mass is 16.6.